The maximum absolute atomic E-state index is 12.8. The molecule has 0 aromatic heterocycles. The number of hydrogen-bond donors (Lipinski definition) is 1. The predicted molar refractivity (Wildman–Crippen MR) is 111 cm³/mol. The fraction of sp³-hybridized carbons (Fsp3) is 0.364. The summed E-state index contributed by atoms with van der Waals surface area (Å²) in [5.41, 5.74) is 2.16. The van der Waals surface area contributed by atoms with Gasteiger partial charge in [-0.25, -0.2) is 9.59 Å². The van der Waals surface area contributed by atoms with E-state index >= 15 is 0 Å². The van der Waals surface area contributed by atoms with Crippen molar-refractivity contribution in [2.45, 2.75) is 44.1 Å². The Kier molecular flexibility index (Phi) is 5.44. The number of nitrogens with zero attached hydrogens (tertiary/aromatic N) is 1. The first-order chi connectivity index (χ1) is 13.1. The molecule has 148 valence electrons. The normalized spacial score (nSPS) is 18.7. The molecule has 0 spiro atoms. The monoisotopic (exact) mass is 399 g/mol. The second-order valence-electron chi connectivity index (χ2n) is 7.91. The Hall–Kier alpha value is -2.47. The fourth-order valence-electron chi connectivity index (χ4n) is 3.38. The van der Waals surface area contributed by atoms with Gasteiger partial charge in [0.05, 0.1) is 5.88 Å². The number of rotatable bonds is 4. The number of ether oxygens (including phenoxy) is 1. The molecule has 1 heterocycles. The summed E-state index contributed by atoms with van der Waals surface area (Å²) in [5, 5.41) is 9.56. The molecule has 3 rings (SSSR count). The second kappa shape index (κ2) is 7.51. The van der Waals surface area contributed by atoms with Crippen molar-refractivity contribution in [1.82, 2.24) is 4.90 Å². The number of carboxylic acids is 1. The van der Waals surface area contributed by atoms with Crippen LogP contribution in [0.15, 0.2) is 54.6 Å². The van der Waals surface area contributed by atoms with Crippen LogP contribution in [0.2, 0.25) is 0 Å². The average molecular weight is 400 g/mol. The van der Waals surface area contributed by atoms with Crippen molar-refractivity contribution in [3.63, 3.8) is 0 Å². The molecule has 2 aromatic carbocycles. The summed E-state index contributed by atoms with van der Waals surface area (Å²) >= 11 is 1.44. The molecule has 1 amide bonds. The molecular weight excluding hydrogens is 374 g/mol. The molecule has 1 N–H and O–H groups in total. The molecule has 0 saturated carbocycles. The van der Waals surface area contributed by atoms with E-state index in [-0.39, 0.29) is 0 Å². The van der Waals surface area contributed by atoms with Crippen molar-refractivity contribution in [2.75, 3.05) is 5.88 Å². The molecule has 1 saturated heterocycles. The standard InChI is InChI=1S/C22H25NO4S/c1-21(2,17-12-10-16(11-13-17)15-8-6-5-7-9-15)27-20(26)23-14-28-22(3,4)18(23)19(24)25/h5-13,18H,14H2,1-4H3,(H,24,25)/t18-/m0/s1. The average Bonchev–Trinajstić information content (AvgIpc) is 2.98. The van der Waals surface area contributed by atoms with E-state index in [9.17, 15) is 14.7 Å². The van der Waals surface area contributed by atoms with Gasteiger partial charge in [0, 0.05) is 4.75 Å². The van der Waals surface area contributed by atoms with Gasteiger partial charge in [0.2, 0.25) is 0 Å². The van der Waals surface area contributed by atoms with Crippen LogP contribution in [0, 0.1) is 0 Å². The van der Waals surface area contributed by atoms with Crippen molar-refractivity contribution in [3.05, 3.63) is 60.2 Å². The molecule has 1 aliphatic rings. The van der Waals surface area contributed by atoms with Crippen molar-refractivity contribution >= 4 is 23.8 Å². The lowest BCUT2D eigenvalue weighted by atomic mass is 9.95. The highest BCUT2D eigenvalue weighted by Crippen LogP contribution is 2.40. The summed E-state index contributed by atoms with van der Waals surface area (Å²) in [6.07, 6.45) is -0.609. The number of hydrogen-bond acceptors (Lipinski definition) is 4. The van der Waals surface area contributed by atoms with E-state index in [0.29, 0.717) is 5.88 Å². The summed E-state index contributed by atoms with van der Waals surface area (Å²) in [5.74, 6) is -0.719. The largest absolute Gasteiger partial charge is 0.480 e. The Bertz CT molecular complexity index is 862. The maximum atomic E-state index is 12.8. The smallest absolute Gasteiger partial charge is 0.412 e. The number of benzene rings is 2. The minimum atomic E-state index is -1.02. The van der Waals surface area contributed by atoms with Crippen LogP contribution in [0.4, 0.5) is 4.79 Å². The first-order valence-corrected chi connectivity index (χ1v) is 10.1. The second-order valence-corrected chi connectivity index (χ2v) is 9.51. The van der Waals surface area contributed by atoms with Crippen LogP contribution in [0.3, 0.4) is 0 Å². The Morgan fingerprint density at radius 1 is 1.07 bits per heavy atom. The van der Waals surface area contributed by atoms with Gasteiger partial charge < -0.3 is 9.84 Å². The molecule has 1 atom stereocenters. The van der Waals surface area contributed by atoms with Gasteiger partial charge in [-0.3, -0.25) is 4.90 Å². The topological polar surface area (TPSA) is 66.8 Å². The summed E-state index contributed by atoms with van der Waals surface area (Å²) in [7, 11) is 0. The SMILES string of the molecule is CC(C)(OC(=O)N1CSC(C)(C)[C@@H]1C(=O)O)c1ccc(-c2ccccc2)cc1. The molecular formula is C22H25NO4S. The summed E-state index contributed by atoms with van der Waals surface area (Å²) in [6, 6.07) is 17.0. The van der Waals surface area contributed by atoms with Gasteiger partial charge in [-0.05, 0) is 44.4 Å². The van der Waals surface area contributed by atoms with E-state index in [0.717, 1.165) is 16.7 Å². The highest BCUT2D eigenvalue weighted by molar-refractivity contribution is 8.00. The highest BCUT2D eigenvalue weighted by atomic mass is 32.2. The molecule has 5 nitrogen and oxygen atoms in total. The third kappa shape index (κ3) is 4.02. The number of thioether (sulfide) groups is 1. The van der Waals surface area contributed by atoms with Gasteiger partial charge in [-0.1, -0.05) is 54.6 Å². The van der Waals surface area contributed by atoms with Crippen LogP contribution >= 0.6 is 11.8 Å². The van der Waals surface area contributed by atoms with E-state index < -0.39 is 28.5 Å². The van der Waals surface area contributed by atoms with Gasteiger partial charge in [0.1, 0.15) is 11.6 Å². The van der Waals surface area contributed by atoms with E-state index in [2.05, 4.69) is 0 Å². The van der Waals surface area contributed by atoms with E-state index in [1.54, 1.807) is 0 Å². The molecule has 0 unspecified atom stereocenters. The minimum absolute atomic E-state index is 0.297. The van der Waals surface area contributed by atoms with Crippen LogP contribution in [-0.4, -0.2) is 38.7 Å². The molecule has 2 aromatic rings. The van der Waals surface area contributed by atoms with Crippen LogP contribution < -0.4 is 0 Å². The minimum Gasteiger partial charge on any atom is -0.480 e. The number of amides is 1. The Labute approximate surface area is 169 Å². The van der Waals surface area contributed by atoms with Crippen molar-refractivity contribution < 1.29 is 19.4 Å². The molecule has 28 heavy (non-hydrogen) atoms. The van der Waals surface area contributed by atoms with Crippen molar-refractivity contribution in [1.29, 1.82) is 0 Å². The molecule has 0 radical (unpaired) electrons. The summed E-state index contributed by atoms with van der Waals surface area (Å²) in [6.45, 7) is 7.29. The van der Waals surface area contributed by atoms with Gasteiger partial charge >= 0.3 is 12.1 Å². The van der Waals surface area contributed by atoms with Crippen LogP contribution in [0.1, 0.15) is 33.3 Å². The fourth-order valence-corrected chi connectivity index (χ4v) is 4.50. The van der Waals surface area contributed by atoms with E-state index in [1.807, 2.05) is 82.3 Å². The predicted octanol–water partition coefficient (Wildman–Crippen LogP) is 4.96. The lowest BCUT2D eigenvalue weighted by Crippen LogP contribution is -2.50. The highest BCUT2D eigenvalue weighted by Gasteiger charge is 2.49. The first kappa shape index (κ1) is 20.3. The number of carbonyl (C=O) groups is 2. The molecule has 1 fully saturated rings. The third-order valence-electron chi connectivity index (χ3n) is 5.04. The van der Waals surface area contributed by atoms with Crippen molar-refractivity contribution in [2.24, 2.45) is 0 Å². The quantitative estimate of drug-likeness (QED) is 0.787. The molecule has 6 heteroatoms. The molecule has 0 bridgehead atoms. The maximum Gasteiger partial charge on any atom is 0.412 e. The van der Waals surface area contributed by atoms with Crippen molar-refractivity contribution in [3.8, 4) is 11.1 Å². The van der Waals surface area contributed by atoms with E-state index in [1.165, 1.54) is 16.7 Å². The zero-order valence-electron chi connectivity index (χ0n) is 16.5. The van der Waals surface area contributed by atoms with Crippen LogP contribution in [0.25, 0.3) is 11.1 Å². The number of aliphatic carboxylic acids is 1. The van der Waals surface area contributed by atoms with E-state index in [4.69, 9.17) is 4.74 Å². The zero-order valence-corrected chi connectivity index (χ0v) is 17.3. The van der Waals surface area contributed by atoms with Crippen LogP contribution in [-0.2, 0) is 15.1 Å². The zero-order chi connectivity index (χ0) is 20.5. The van der Waals surface area contributed by atoms with Gasteiger partial charge in [-0.2, -0.15) is 0 Å². The molecule has 0 aliphatic carbocycles. The van der Waals surface area contributed by atoms with Crippen LogP contribution in [0.5, 0.6) is 0 Å². The van der Waals surface area contributed by atoms with Gasteiger partial charge in [0.25, 0.3) is 0 Å². The summed E-state index contributed by atoms with van der Waals surface area (Å²) < 4.78 is 5.17. The lowest BCUT2D eigenvalue weighted by molar-refractivity contribution is -0.143. The molecule has 1 aliphatic heterocycles. The van der Waals surface area contributed by atoms with Gasteiger partial charge in [0.15, 0.2) is 0 Å². The number of carboxylic acid groups (broad SMARTS) is 1. The lowest BCUT2D eigenvalue weighted by Gasteiger charge is -2.31. The number of carbonyl (C=O) groups excluding carboxylic acids is 1. The Balaban J connectivity index is 1.76. The van der Waals surface area contributed by atoms with Gasteiger partial charge in [-0.15, -0.1) is 11.8 Å². The first-order valence-electron chi connectivity index (χ1n) is 9.14. The summed E-state index contributed by atoms with van der Waals surface area (Å²) in [4.78, 5) is 25.7. The third-order valence-corrected chi connectivity index (χ3v) is 6.42. The Morgan fingerprint density at radius 2 is 1.64 bits per heavy atom. The Morgan fingerprint density at radius 3 is 2.21 bits per heavy atom.